The fourth-order valence-electron chi connectivity index (χ4n) is 1.75. The van der Waals surface area contributed by atoms with Gasteiger partial charge in [0.25, 0.3) is 5.91 Å². The molecule has 2 heterocycles. The summed E-state index contributed by atoms with van der Waals surface area (Å²) in [4.78, 5) is 22.1. The molecular formula is C14H19N5O2. The van der Waals surface area contributed by atoms with E-state index in [1.54, 1.807) is 24.9 Å². The van der Waals surface area contributed by atoms with Crippen LogP contribution in [0.5, 0.6) is 0 Å². The number of rotatable bonds is 6. The quantitative estimate of drug-likeness (QED) is 0.879. The molecule has 1 N–H and O–H groups in total. The summed E-state index contributed by atoms with van der Waals surface area (Å²) in [5.74, 6) is 1.64. The zero-order valence-electron chi connectivity index (χ0n) is 12.5. The minimum Gasteiger partial charge on any atom is -0.360 e. The van der Waals surface area contributed by atoms with Gasteiger partial charge in [0.05, 0.1) is 12.4 Å². The summed E-state index contributed by atoms with van der Waals surface area (Å²) in [6.07, 6.45) is 4.98. The van der Waals surface area contributed by atoms with Crippen LogP contribution < -0.4 is 5.32 Å². The fourth-order valence-corrected chi connectivity index (χ4v) is 1.75. The number of amides is 1. The first-order valence-electron chi connectivity index (χ1n) is 6.88. The molecule has 0 saturated heterocycles. The smallest absolute Gasteiger partial charge is 0.273 e. The van der Waals surface area contributed by atoms with Crippen molar-refractivity contribution in [1.82, 2.24) is 20.0 Å². The van der Waals surface area contributed by atoms with Crippen LogP contribution in [0.25, 0.3) is 0 Å². The summed E-state index contributed by atoms with van der Waals surface area (Å²) in [6, 6.07) is 1.75. The van der Waals surface area contributed by atoms with Gasteiger partial charge in [-0.1, -0.05) is 18.5 Å². The number of carbonyl (C=O) groups is 1. The third-order valence-electron chi connectivity index (χ3n) is 2.95. The second-order valence-corrected chi connectivity index (χ2v) is 4.81. The molecule has 0 radical (unpaired) electrons. The summed E-state index contributed by atoms with van der Waals surface area (Å²) in [5, 5.41) is 6.75. The van der Waals surface area contributed by atoms with Gasteiger partial charge in [-0.2, -0.15) is 0 Å². The van der Waals surface area contributed by atoms with E-state index < -0.39 is 0 Å². The van der Waals surface area contributed by atoms with Crippen molar-refractivity contribution in [2.45, 2.75) is 26.7 Å². The summed E-state index contributed by atoms with van der Waals surface area (Å²) in [7, 11) is 1.77. The van der Waals surface area contributed by atoms with Gasteiger partial charge in [-0.25, -0.2) is 9.97 Å². The van der Waals surface area contributed by atoms with Gasteiger partial charge < -0.3 is 14.7 Å². The average Bonchev–Trinajstić information content (AvgIpc) is 2.90. The second-order valence-electron chi connectivity index (χ2n) is 4.81. The highest BCUT2D eigenvalue weighted by Crippen LogP contribution is 2.13. The molecule has 7 nitrogen and oxygen atoms in total. The predicted octanol–water partition coefficient (Wildman–Crippen LogP) is 2.39. The number of aromatic nitrogens is 3. The maximum atomic E-state index is 12.1. The van der Waals surface area contributed by atoms with Crippen LogP contribution in [0.3, 0.4) is 0 Å². The molecule has 112 valence electrons. The highest BCUT2D eigenvalue weighted by Gasteiger charge is 2.13. The van der Waals surface area contributed by atoms with Crippen LogP contribution in [0, 0.1) is 6.92 Å². The minimum absolute atomic E-state index is 0.125. The van der Waals surface area contributed by atoms with Crippen LogP contribution in [-0.4, -0.2) is 39.5 Å². The number of carbonyl (C=O) groups excluding carboxylic acids is 1. The van der Waals surface area contributed by atoms with E-state index in [2.05, 4.69) is 27.4 Å². The summed E-state index contributed by atoms with van der Waals surface area (Å²) in [6.45, 7) is 4.61. The Labute approximate surface area is 123 Å². The number of unbranched alkanes of at least 4 members (excludes halogenated alkanes) is 1. The molecule has 2 aromatic heterocycles. The van der Waals surface area contributed by atoms with Crippen molar-refractivity contribution < 1.29 is 9.32 Å². The first kappa shape index (κ1) is 15.0. The maximum Gasteiger partial charge on any atom is 0.273 e. The molecule has 0 saturated carbocycles. The van der Waals surface area contributed by atoms with Gasteiger partial charge in [-0.05, 0) is 13.3 Å². The molecule has 0 fully saturated rings. The Morgan fingerprint density at radius 1 is 1.33 bits per heavy atom. The van der Waals surface area contributed by atoms with E-state index in [0.717, 1.165) is 19.4 Å². The Morgan fingerprint density at radius 2 is 2.14 bits per heavy atom. The molecule has 21 heavy (non-hydrogen) atoms. The molecule has 7 heteroatoms. The molecule has 0 spiro atoms. The highest BCUT2D eigenvalue weighted by atomic mass is 16.5. The summed E-state index contributed by atoms with van der Waals surface area (Å²) < 4.78 is 4.95. The zero-order valence-corrected chi connectivity index (χ0v) is 12.5. The van der Waals surface area contributed by atoms with Crippen LogP contribution in [0.4, 0.5) is 11.6 Å². The maximum absolute atomic E-state index is 12.1. The van der Waals surface area contributed by atoms with Crippen LogP contribution >= 0.6 is 0 Å². The molecule has 2 aromatic rings. The Hall–Kier alpha value is -2.44. The standard InChI is InChI=1S/C14H19N5O2/c1-4-5-6-19(3)14(20)11-8-16-13(9-15-11)17-12-7-10(2)21-18-12/h7-9H,4-6H2,1-3H3,(H,16,17,18). The molecular weight excluding hydrogens is 270 g/mol. The van der Waals surface area contributed by atoms with Gasteiger partial charge >= 0.3 is 0 Å². The first-order valence-corrected chi connectivity index (χ1v) is 6.88. The SMILES string of the molecule is CCCCN(C)C(=O)c1cnc(Nc2cc(C)on2)cn1. The Bertz CT molecular complexity index is 594. The van der Waals surface area contributed by atoms with E-state index >= 15 is 0 Å². The van der Waals surface area contributed by atoms with Crippen molar-refractivity contribution in [3.05, 3.63) is 29.9 Å². The second kappa shape index (κ2) is 6.83. The van der Waals surface area contributed by atoms with E-state index in [1.807, 2.05) is 0 Å². The zero-order chi connectivity index (χ0) is 15.2. The van der Waals surface area contributed by atoms with Crippen LogP contribution in [0.2, 0.25) is 0 Å². The molecule has 0 aliphatic carbocycles. The molecule has 0 unspecified atom stereocenters. The van der Waals surface area contributed by atoms with Crippen molar-refractivity contribution in [3.63, 3.8) is 0 Å². The van der Waals surface area contributed by atoms with Gasteiger partial charge in [0.1, 0.15) is 17.3 Å². The Kier molecular flexibility index (Phi) is 4.86. The normalized spacial score (nSPS) is 10.4. The van der Waals surface area contributed by atoms with Gasteiger partial charge in [0.2, 0.25) is 0 Å². The van der Waals surface area contributed by atoms with E-state index in [0.29, 0.717) is 23.1 Å². The van der Waals surface area contributed by atoms with Crippen molar-refractivity contribution in [2.24, 2.45) is 0 Å². The highest BCUT2D eigenvalue weighted by molar-refractivity contribution is 5.91. The van der Waals surface area contributed by atoms with Crippen molar-refractivity contribution in [1.29, 1.82) is 0 Å². The number of nitrogens with zero attached hydrogens (tertiary/aromatic N) is 4. The number of hydrogen-bond acceptors (Lipinski definition) is 6. The van der Waals surface area contributed by atoms with Crippen molar-refractivity contribution in [2.75, 3.05) is 18.9 Å². The molecule has 0 aliphatic rings. The number of nitrogens with one attached hydrogen (secondary N) is 1. The number of anilines is 2. The topological polar surface area (TPSA) is 84.2 Å². The lowest BCUT2D eigenvalue weighted by Gasteiger charge is -2.15. The van der Waals surface area contributed by atoms with Crippen LogP contribution in [-0.2, 0) is 0 Å². The van der Waals surface area contributed by atoms with Gasteiger partial charge in [0.15, 0.2) is 5.82 Å². The number of aryl methyl sites for hydroxylation is 1. The summed E-state index contributed by atoms with van der Waals surface area (Å²) >= 11 is 0. The third-order valence-corrected chi connectivity index (χ3v) is 2.95. The van der Waals surface area contributed by atoms with E-state index in [-0.39, 0.29) is 5.91 Å². The van der Waals surface area contributed by atoms with E-state index in [1.165, 1.54) is 12.4 Å². The van der Waals surface area contributed by atoms with Gasteiger partial charge in [-0.3, -0.25) is 4.79 Å². The third kappa shape index (κ3) is 4.01. The largest absolute Gasteiger partial charge is 0.360 e. The number of hydrogen-bond donors (Lipinski definition) is 1. The van der Waals surface area contributed by atoms with Crippen molar-refractivity contribution in [3.8, 4) is 0 Å². The first-order chi connectivity index (χ1) is 10.1. The van der Waals surface area contributed by atoms with Crippen molar-refractivity contribution >= 4 is 17.5 Å². The molecule has 0 aliphatic heterocycles. The monoisotopic (exact) mass is 289 g/mol. The van der Waals surface area contributed by atoms with Gasteiger partial charge in [0, 0.05) is 19.7 Å². The minimum atomic E-state index is -0.125. The fraction of sp³-hybridized carbons (Fsp3) is 0.429. The Morgan fingerprint density at radius 3 is 2.71 bits per heavy atom. The average molecular weight is 289 g/mol. The van der Waals surface area contributed by atoms with Gasteiger partial charge in [-0.15, -0.1) is 0 Å². The lowest BCUT2D eigenvalue weighted by atomic mass is 10.3. The lowest BCUT2D eigenvalue weighted by molar-refractivity contribution is 0.0787. The predicted molar refractivity (Wildman–Crippen MR) is 78.4 cm³/mol. The molecule has 0 bridgehead atoms. The summed E-state index contributed by atoms with van der Waals surface area (Å²) in [5.41, 5.74) is 0.329. The molecule has 0 aromatic carbocycles. The molecule has 0 atom stereocenters. The van der Waals surface area contributed by atoms with Crippen LogP contribution in [0.1, 0.15) is 36.0 Å². The Balaban J connectivity index is 1.99. The van der Waals surface area contributed by atoms with Crippen LogP contribution in [0.15, 0.2) is 23.0 Å². The van der Waals surface area contributed by atoms with E-state index in [9.17, 15) is 4.79 Å². The molecule has 1 amide bonds. The lowest BCUT2D eigenvalue weighted by Crippen LogP contribution is -2.28. The van der Waals surface area contributed by atoms with E-state index in [4.69, 9.17) is 4.52 Å². The molecule has 2 rings (SSSR count).